The highest BCUT2D eigenvalue weighted by molar-refractivity contribution is 7.74. The van der Waals surface area contributed by atoms with E-state index in [-0.39, 0.29) is 0 Å². The first-order chi connectivity index (χ1) is 17.4. The van der Waals surface area contributed by atoms with Gasteiger partial charge >= 0.3 is 53.1 Å². The number of alkyl halides is 15. The molecule has 0 aromatic heterocycles. The van der Waals surface area contributed by atoms with Gasteiger partial charge in [-0.05, 0) is 0 Å². The highest BCUT2D eigenvalue weighted by atomic mass is 32.2. The van der Waals surface area contributed by atoms with E-state index < -0.39 is 99.3 Å². The van der Waals surface area contributed by atoms with E-state index in [1.54, 1.807) is 0 Å². The Morgan fingerprint density at radius 3 is 1.30 bits per heavy atom. The molecule has 0 spiro atoms. The van der Waals surface area contributed by atoms with Gasteiger partial charge in [0.05, 0.1) is 5.56 Å². The normalized spacial score (nSPS) is 16.1. The first-order valence-corrected chi connectivity index (χ1v) is 9.47. The van der Waals surface area contributed by atoms with Crippen molar-refractivity contribution in [2.75, 3.05) is 0 Å². The second kappa shape index (κ2) is 10.0. The molecular weight excluding hydrogens is 659 g/mol. The van der Waals surface area contributed by atoms with E-state index >= 15 is 0 Å². The minimum absolute atomic E-state index is 3.02. The lowest BCUT2D eigenvalue weighted by atomic mass is 9.90. The number of hydrogen-bond acceptors (Lipinski definition) is 2. The first kappa shape index (κ1) is 35.4. The van der Waals surface area contributed by atoms with Gasteiger partial charge in [0, 0.05) is 0 Å². The molecule has 1 rings (SSSR count). The number of hydrogen-bond donors (Lipinski definition) is 1. The molecule has 232 valence electrons. The van der Waals surface area contributed by atoms with Crippen molar-refractivity contribution in [1.29, 1.82) is 0 Å². The van der Waals surface area contributed by atoms with Crippen LogP contribution < -0.4 is 4.18 Å². The van der Waals surface area contributed by atoms with Gasteiger partial charge in [-0.2, -0.15) is 74.5 Å². The molecule has 0 aliphatic heterocycles. The molecule has 0 heterocycles. The summed E-state index contributed by atoms with van der Waals surface area (Å²) in [5.41, 5.74) is -3.42. The molecule has 0 saturated heterocycles. The summed E-state index contributed by atoms with van der Waals surface area (Å²) in [6.07, 6.45) is -7.97. The van der Waals surface area contributed by atoms with Gasteiger partial charge in [-0.1, -0.05) is 0 Å². The zero-order chi connectivity index (χ0) is 32.4. The van der Waals surface area contributed by atoms with Crippen molar-refractivity contribution < 1.29 is 105 Å². The van der Waals surface area contributed by atoms with Crippen molar-refractivity contribution in [1.82, 2.24) is 0 Å². The maximum Gasteiger partial charge on any atom is 0.460 e. The minimum atomic E-state index is -8.94. The summed E-state index contributed by atoms with van der Waals surface area (Å²) >= 11 is -4.19. The van der Waals surface area contributed by atoms with Crippen molar-refractivity contribution >= 4 is 17.2 Å². The monoisotopic (exact) mass is 660 g/mol. The number of halogens is 21. The summed E-state index contributed by atoms with van der Waals surface area (Å²) in [6.45, 7) is 0. The Balaban J connectivity index is 4.03. The third-order valence-corrected chi connectivity index (χ3v) is 4.70. The molecule has 0 saturated carbocycles. The third kappa shape index (κ3) is 4.80. The van der Waals surface area contributed by atoms with Gasteiger partial charge in [-0.25, -0.2) is 22.0 Å². The summed E-state index contributed by atoms with van der Waals surface area (Å²) in [7, 11) is 0. The quantitative estimate of drug-likeness (QED) is 0.128. The Hall–Kier alpha value is -2.60. The Bertz CT molecular complexity index is 1220. The molecule has 0 bridgehead atoms. The van der Waals surface area contributed by atoms with Crippen molar-refractivity contribution in [3.05, 3.63) is 34.7 Å². The fourth-order valence-electron chi connectivity index (χ4n) is 2.31. The van der Waals surface area contributed by atoms with Gasteiger partial charge < -0.3 is 4.18 Å². The average Bonchev–Trinajstić information content (AvgIpc) is 2.78. The van der Waals surface area contributed by atoms with Crippen molar-refractivity contribution in [2.24, 2.45) is 0 Å². The van der Waals surface area contributed by atoms with Crippen LogP contribution in [0.15, 0.2) is 5.83 Å². The lowest BCUT2D eigenvalue weighted by Crippen LogP contribution is -2.72. The average molecular weight is 660 g/mol. The predicted octanol–water partition coefficient (Wildman–Crippen LogP) is 7.74. The van der Waals surface area contributed by atoms with Crippen LogP contribution in [0.2, 0.25) is 0 Å². The van der Waals surface area contributed by atoms with Crippen LogP contribution in [0, 0.1) is 23.3 Å². The molecule has 0 aliphatic rings. The maximum atomic E-state index is 14.2. The molecule has 40 heavy (non-hydrogen) atoms. The molecule has 1 aromatic carbocycles. The van der Waals surface area contributed by atoms with Crippen LogP contribution in [-0.2, 0) is 11.4 Å². The molecule has 0 radical (unpaired) electrons. The largest absolute Gasteiger partial charge is 0.460 e. The van der Waals surface area contributed by atoms with Crippen LogP contribution in [0.1, 0.15) is 5.56 Å². The topological polar surface area (TPSA) is 46.5 Å². The zero-order valence-electron chi connectivity index (χ0n) is 17.1. The van der Waals surface area contributed by atoms with Crippen LogP contribution in [0.3, 0.4) is 0 Å². The number of benzene rings is 1. The molecule has 0 amide bonds. The van der Waals surface area contributed by atoms with Gasteiger partial charge in [0.25, 0.3) is 0 Å². The highest BCUT2D eigenvalue weighted by Gasteiger charge is 2.93. The molecule has 3 nitrogen and oxygen atoms in total. The van der Waals surface area contributed by atoms with Gasteiger partial charge in [-0.3, -0.25) is 4.55 Å². The molecule has 1 atom stereocenters. The molecular formula is C15HF21O3S. The van der Waals surface area contributed by atoms with Gasteiger partial charge in [-0.15, -0.1) is 0 Å². The molecule has 0 fully saturated rings. The fraction of sp³-hybridized carbons (Fsp3) is 0.467. The summed E-state index contributed by atoms with van der Waals surface area (Å²) in [5, 5.41) is 0. The third-order valence-electron chi connectivity index (χ3n) is 4.39. The number of allylic oxidation sites excluding steroid dienone is 1. The van der Waals surface area contributed by atoms with Crippen LogP contribution in [0.5, 0.6) is 5.75 Å². The summed E-state index contributed by atoms with van der Waals surface area (Å²) in [6, 6.07) is 0. The first-order valence-electron chi connectivity index (χ1n) is 8.44. The van der Waals surface area contributed by atoms with E-state index in [2.05, 4.69) is 4.18 Å². The smallest absolute Gasteiger partial charge is 0.376 e. The maximum absolute atomic E-state index is 14.2. The zero-order valence-corrected chi connectivity index (χ0v) is 17.9. The van der Waals surface area contributed by atoms with Gasteiger partial charge in [0.15, 0.2) is 23.2 Å². The Morgan fingerprint density at radius 1 is 0.575 bits per heavy atom. The second-order valence-electron chi connectivity index (χ2n) is 6.83. The number of rotatable bonds is 9. The summed E-state index contributed by atoms with van der Waals surface area (Å²) in [4.78, 5) is 0. The standard InChI is InChI=1S/C15HF21O3S/c16-2-1(7(39-40(37)38)6(20)5(19)4(2)18)3(17)8(21)9(22,23)10(24,25)11(26,27)12(28,29)13(30,31)14(32,33)15(34,35)36/h(H,37,38). The lowest BCUT2D eigenvalue weighted by Gasteiger charge is -2.41. The summed E-state index contributed by atoms with van der Waals surface area (Å²) in [5.74, 6) is -78.0. The van der Waals surface area contributed by atoms with Gasteiger partial charge in [0.1, 0.15) is 0 Å². The predicted molar refractivity (Wildman–Crippen MR) is 82.5 cm³/mol. The lowest BCUT2D eigenvalue weighted by molar-refractivity contribution is -0.450. The Kier molecular flexibility index (Phi) is 8.89. The van der Waals surface area contributed by atoms with Gasteiger partial charge in [0.2, 0.25) is 17.5 Å². The SMILES string of the molecule is O=S(O)Oc1c(F)c(F)c(F)c(F)c1C(F)=C(F)C(F)(F)C(F)(F)C(F)(F)C(F)(F)C(F)(F)C(F)(F)C(F)(F)F. The molecule has 25 heteroatoms. The minimum Gasteiger partial charge on any atom is -0.376 e. The van der Waals surface area contributed by atoms with E-state index in [0.717, 1.165) is 0 Å². The molecule has 1 aromatic rings. The van der Waals surface area contributed by atoms with Crippen LogP contribution >= 0.6 is 0 Å². The van der Waals surface area contributed by atoms with E-state index in [0.29, 0.717) is 0 Å². The molecule has 0 aliphatic carbocycles. The molecule has 1 unspecified atom stereocenters. The van der Waals surface area contributed by atoms with Crippen LogP contribution in [0.4, 0.5) is 92.2 Å². The Labute approximate surface area is 205 Å². The van der Waals surface area contributed by atoms with E-state index in [1.807, 2.05) is 0 Å². The summed E-state index contributed by atoms with van der Waals surface area (Å²) < 4.78 is 301. The van der Waals surface area contributed by atoms with E-state index in [4.69, 9.17) is 4.55 Å². The molecule has 1 N–H and O–H groups in total. The Morgan fingerprint density at radius 2 is 0.925 bits per heavy atom. The van der Waals surface area contributed by atoms with Crippen LogP contribution in [-0.4, -0.2) is 50.5 Å². The van der Waals surface area contributed by atoms with Crippen molar-refractivity contribution in [2.45, 2.75) is 41.7 Å². The van der Waals surface area contributed by atoms with E-state index in [9.17, 15) is 96.4 Å². The second-order valence-corrected chi connectivity index (χ2v) is 7.43. The fourth-order valence-corrected chi connectivity index (χ4v) is 2.61. The van der Waals surface area contributed by atoms with Crippen molar-refractivity contribution in [3.63, 3.8) is 0 Å². The van der Waals surface area contributed by atoms with Crippen molar-refractivity contribution in [3.8, 4) is 5.75 Å². The van der Waals surface area contributed by atoms with E-state index in [1.165, 1.54) is 0 Å². The van der Waals surface area contributed by atoms with Crippen LogP contribution in [0.25, 0.3) is 5.83 Å². The highest BCUT2D eigenvalue weighted by Crippen LogP contribution is 2.63.